The molecular weight excluding hydrogens is 324 g/mol. The summed E-state index contributed by atoms with van der Waals surface area (Å²) < 4.78 is 10.9. The van der Waals surface area contributed by atoms with Gasteiger partial charge >= 0.3 is 5.97 Å². The molecule has 0 saturated heterocycles. The van der Waals surface area contributed by atoms with Crippen LogP contribution in [0.5, 0.6) is 0 Å². The van der Waals surface area contributed by atoms with Gasteiger partial charge in [-0.1, -0.05) is 71.8 Å². The number of aryl methyl sites for hydroxylation is 2. The van der Waals surface area contributed by atoms with E-state index in [0.29, 0.717) is 18.8 Å². The van der Waals surface area contributed by atoms with Crippen molar-refractivity contribution in [3.63, 3.8) is 0 Å². The number of carbonyl (C=O) groups is 1. The van der Waals surface area contributed by atoms with E-state index in [1.165, 1.54) is 56.1 Å². The minimum absolute atomic E-state index is 0.245. The number of hydrogen-bond donors (Lipinski definition) is 0. The summed E-state index contributed by atoms with van der Waals surface area (Å²) in [5, 5.41) is 0. The summed E-state index contributed by atoms with van der Waals surface area (Å²) in [6, 6.07) is 6.02. The van der Waals surface area contributed by atoms with Crippen molar-refractivity contribution in [3.05, 3.63) is 34.9 Å². The summed E-state index contributed by atoms with van der Waals surface area (Å²) in [5.74, 6) is -0.245. The van der Waals surface area contributed by atoms with E-state index in [4.69, 9.17) is 9.47 Å². The van der Waals surface area contributed by atoms with Gasteiger partial charge in [0.1, 0.15) is 6.61 Å². The molecule has 26 heavy (non-hydrogen) atoms. The minimum atomic E-state index is -0.245. The van der Waals surface area contributed by atoms with Gasteiger partial charge in [-0.25, -0.2) is 4.79 Å². The lowest BCUT2D eigenvalue weighted by Gasteiger charge is -2.09. The van der Waals surface area contributed by atoms with Gasteiger partial charge in [-0.15, -0.1) is 0 Å². The zero-order chi connectivity index (χ0) is 19.0. The van der Waals surface area contributed by atoms with Gasteiger partial charge in [-0.3, -0.25) is 0 Å². The highest BCUT2D eigenvalue weighted by Gasteiger charge is 2.09. The van der Waals surface area contributed by atoms with Gasteiger partial charge in [-0.2, -0.15) is 0 Å². The molecular formula is C23H38O3. The third-order valence-electron chi connectivity index (χ3n) is 4.71. The van der Waals surface area contributed by atoms with E-state index in [1.807, 2.05) is 12.1 Å². The Morgan fingerprint density at radius 1 is 0.731 bits per heavy atom. The largest absolute Gasteiger partial charge is 0.460 e. The molecule has 1 aromatic carbocycles. The zero-order valence-electron chi connectivity index (χ0n) is 17.1. The van der Waals surface area contributed by atoms with Gasteiger partial charge in [0.25, 0.3) is 0 Å². The van der Waals surface area contributed by atoms with Crippen LogP contribution in [0.1, 0.15) is 93.6 Å². The first kappa shape index (κ1) is 22.7. The van der Waals surface area contributed by atoms with Gasteiger partial charge in [0.15, 0.2) is 0 Å². The lowest BCUT2D eigenvalue weighted by Crippen LogP contribution is -2.12. The highest BCUT2D eigenvalue weighted by atomic mass is 16.6. The van der Waals surface area contributed by atoms with Gasteiger partial charge in [-0.05, 0) is 42.5 Å². The maximum atomic E-state index is 12.2. The van der Waals surface area contributed by atoms with Crippen LogP contribution in [0.3, 0.4) is 0 Å². The van der Waals surface area contributed by atoms with Crippen LogP contribution in [0.2, 0.25) is 0 Å². The van der Waals surface area contributed by atoms with Crippen molar-refractivity contribution in [2.24, 2.45) is 0 Å². The number of unbranched alkanes of at least 4 members (excludes halogenated alkanes) is 7. The van der Waals surface area contributed by atoms with Gasteiger partial charge in [0.2, 0.25) is 0 Å². The number of rotatable bonds is 15. The molecule has 0 amide bonds. The number of benzene rings is 1. The molecule has 0 saturated carbocycles. The van der Waals surface area contributed by atoms with E-state index < -0.39 is 0 Å². The van der Waals surface area contributed by atoms with Crippen LogP contribution < -0.4 is 0 Å². The molecule has 1 rings (SSSR count). The van der Waals surface area contributed by atoms with E-state index in [1.54, 1.807) is 0 Å². The van der Waals surface area contributed by atoms with Crippen molar-refractivity contribution in [3.8, 4) is 0 Å². The third kappa shape index (κ3) is 9.96. The fourth-order valence-corrected chi connectivity index (χ4v) is 3.01. The van der Waals surface area contributed by atoms with Crippen LogP contribution in [0.25, 0.3) is 0 Å². The van der Waals surface area contributed by atoms with Crippen molar-refractivity contribution < 1.29 is 14.3 Å². The summed E-state index contributed by atoms with van der Waals surface area (Å²) in [5.41, 5.74) is 3.02. The number of ether oxygens (including phenoxy) is 2. The number of esters is 1. The Morgan fingerprint density at radius 3 is 1.88 bits per heavy atom. The normalized spacial score (nSPS) is 10.9. The molecule has 0 aromatic heterocycles. The Labute approximate surface area is 160 Å². The summed E-state index contributed by atoms with van der Waals surface area (Å²) in [6.07, 6.45) is 12.2. The van der Waals surface area contributed by atoms with E-state index in [-0.39, 0.29) is 5.97 Å². The molecule has 0 aliphatic rings. The molecule has 0 atom stereocenters. The van der Waals surface area contributed by atoms with Crippen molar-refractivity contribution in [1.82, 2.24) is 0 Å². The summed E-state index contributed by atoms with van der Waals surface area (Å²) in [6.45, 7) is 8.02. The molecule has 0 aliphatic carbocycles. The van der Waals surface area contributed by atoms with E-state index in [2.05, 4.69) is 26.8 Å². The predicted molar refractivity (Wildman–Crippen MR) is 109 cm³/mol. The lowest BCUT2D eigenvalue weighted by atomic mass is 10.0. The fraction of sp³-hybridized carbons (Fsp3) is 0.696. The Balaban J connectivity index is 2.08. The molecule has 0 bridgehead atoms. The van der Waals surface area contributed by atoms with Crippen LogP contribution >= 0.6 is 0 Å². The zero-order valence-corrected chi connectivity index (χ0v) is 17.1. The Kier molecular flexibility index (Phi) is 12.9. The second-order valence-electron chi connectivity index (χ2n) is 6.97. The molecule has 0 spiro atoms. The molecule has 3 nitrogen and oxygen atoms in total. The highest BCUT2D eigenvalue weighted by molar-refractivity contribution is 5.89. The van der Waals surface area contributed by atoms with E-state index in [0.717, 1.165) is 25.9 Å². The standard InChI is InChI=1S/C23H38O3/c1-4-7-8-9-10-11-12-13-14-25-15-16-26-23(24)22-18-20(5-2)17-21(6-3)19-22/h17-19H,4-16H2,1-3H3. The van der Waals surface area contributed by atoms with E-state index in [9.17, 15) is 4.79 Å². The SMILES string of the molecule is CCCCCCCCCCOCCOC(=O)c1cc(CC)cc(CC)c1. The van der Waals surface area contributed by atoms with Crippen LogP contribution in [-0.4, -0.2) is 25.8 Å². The second-order valence-corrected chi connectivity index (χ2v) is 6.97. The number of carbonyl (C=O) groups excluding carboxylic acids is 1. The second kappa shape index (κ2) is 14.8. The van der Waals surface area contributed by atoms with Crippen LogP contribution in [0.4, 0.5) is 0 Å². The minimum Gasteiger partial charge on any atom is -0.460 e. The van der Waals surface area contributed by atoms with Crippen molar-refractivity contribution in [2.45, 2.75) is 85.0 Å². The molecule has 148 valence electrons. The topological polar surface area (TPSA) is 35.5 Å². The molecule has 0 N–H and O–H groups in total. The van der Waals surface area contributed by atoms with E-state index >= 15 is 0 Å². The fourth-order valence-electron chi connectivity index (χ4n) is 3.01. The Bertz CT molecular complexity index is 474. The first-order chi connectivity index (χ1) is 12.7. The molecule has 1 aromatic rings. The van der Waals surface area contributed by atoms with Crippen LogP contribution in [0.15, 0.2) is 18.2 Å². The first-order valence-electron chi connectivity index (χ1n) is 10.6. The Hall–Kier alpha value is -1.35. The van der Waals surface area contributed by atoms with Gasteiger partial charge < -0.3 is 9.47 Å². The quantitative estimate of drug-likeness (QED) is 0.278. The third-order valence-corrected chi connectivity index (χ3v) is 4.71. The monoisotopic (exact) mass is 362 g/mol. The number of hydrogen-bond acceptors (Lipinski definition) is 3. The van der Waals surface area contributed by atoms with Crippen LogP contribution in [0, 0.1) is 0 Å². The average molecular weight is 363 g/mol. The molecule has 3 heteroatoms. The molecule has 0 fully saturated rings. The molecule has 0 heterocycles. The van der Waals surface area contributed by atoms with Crippen molar-refractivity contribution >= 4 is 5.97 Å². The van der Waals surface area contributed by atoms with Crippen LogP contribution in [-0.2, 0) is 22.3 Å². The summed E-state index contributed by atoms with van der Waals surface area (Å²) in [7, 11) is 0. The highest BCUT2D eigenvalue weighted by Crippen LogP contribution is 2.13. The molecule has 0 radical (unpaired) electrons. The summed E-state index contributed by atoms with van der Waals surface area (Å²) >= 11 is 0. The van der Waals surface area contributed by atoms with Gasteiger partial charge in [0, 0.05) is 6.61 Å². The van der Waals surface area contributed by atoms with Crippen molar-refractivity contribution in [2.75, 3.05) is 19.8 Å². The first-order valence-corrected chi connectivity index (χ1v) is 10.6. The van der Waals surface area contributed by atoms with Gasteiger partial charge in [0.05, 0.1) is 12.2 Å². The summed E-state index contributed by atoms with van der Waals surface area (Å²) in [4.78, 5) is 12.2. The predicted octanol–water partition coefficient (Wildman–Crippen LogP) is 6.13. The maximum Gasteiger partial charge on any atom is 0.338 e. The smallest absolute Gasteiger partial charge is 0.338 e. The average Bonchev–Trinajstić information content (AvgIpc) is 2.68. The lowest BCUT2D eigenvalue weighted by molar-refractivity contribution is 0.0312. The molecule has 0 aliphatic heterocycles. The maximum absolute atomic E-state index is 12.2. The Morgan fingerprint density at radius 2 is 1.31 bits per heavy atom. The molecule has 0 unspecified atom stereocenters. The van der Waals surface area contributed by atoms with Crippen molar-refractivity contribution in [1.29, 1.82) is 0 Å².